The van der Waals surface area contributed by atoms with E-state index < -0.39 is 17.4 Å². The number of phenols is 1. The summed E-state index contributed by atoms with van der Waals surface area (Å²) < 4.78 is 1.29. The number of amides is 2. The molecule has 2 amide bonds. The molecule has 0 fully saturated rings. The average molecular weight is 583 g/mol. The Bertz CT molecular complexity index is 1700. The van der Waals surface area contributed by atoms with Gasteiger partial charge in [0.15, 0.2) is 5.82 Å². The number of carbonyl (C=O) groups is 2. The van der Waals surface area contributed by atoms with E-state index in [0.29, 0.717) is 16.8 Å². The van der Waals surface area contributed by atoms with E-state index in [9.17, 15) is 19.5 Å². The van der Waals surface area contributed by atoms with Gasteiger partial charge in [0.25, 0.3) is 11.5 Å². The maximum absolute atomic E-state index is 13.5. The Labute approximate surface area is 248 Å². The molecule has 0 radical (unpaired) electrons. The highest BCUT2D eigenvalue weighted by atomic mass is 16.3. The van der Waals surface area contributed by atoms with Gasteiger partial charge in [-0.2, -0.15) is 0 Å². The summed E-state index contributed by atoms with van der Waals surface area (Å²) in [7, 11) is 0. The molecule has 0 aliphatic carbocycles. The van der Waals surface area contributed by atoms with E-state index in [-0.39, 0.29) is 54.3 Å². The zero-order valence-electron chi connectivity index (χ0n) is 23.8. The standard InChI is InChI=1S/C31H34N8O4/c1-18(2)38-29-31(43)39(17-27(41)35-14-19-3-7-21(8-4-19)28(33)34)26(16-36-29)22-11-23(13-24(32)12-22)30(42)37-15-20-5-9-25(40)10-6-20/h3-13,16,18,40H,14-15,17,32H2,1-2H3,(H3,33,34)(H,35,41)(H,36,38)(H,37,42). The number of benzene rings is 3. The monoisotopic (exact) mass is 582 g/mol. The van der Waals surface area contributed by atoms with Crippen LogP contribution in [0.2, 0.25) is 0 Å². The molecule has 0 saturated heterocycles. The zero-order chi connectivity index (χ0) is 31.1. The van der Waals surface area contributed by atoms with Crippen LogP contribution in [0.25, 0.3) is 11.3 Å². The Morgan fingerprint density at radius 3 is 2.21 bits per heavy atom. The molecule has 3 aromatic carbocycles. The van der Waals surface area contributed by atoms with Gasteiger partial charge < -0.3 is 32.5 Å². The molecule has 12 nitrogen and oxygen atoms in total. The van der Waals surface area contributed by atoms with Gasteiger partial charge in [0.2, 0.25) is 5.91 Å². The number of anilines is 2. The highest BCUT2D eigenvalue weighted by molar-refractivity contribution is 5.96. The number of nitrogen functional groups attached to an aromatic ring is 2. The zero-order valence-corrected chi connectivity index (χ0v) is 23.8. The Balaban J connectivity index is 1.59. The molecule has 4 rings (SSSR count). The molecular weight excluding hydrogens is 548 g/mol. The second-order valence-corrected chi connectivity index (χ2v) is 10.3. The molecule has 0 atom stereocenters. The predicted molar refractivity (Wildman–Crippen MR) is 166 cm³/mol. The molecule has 0 bridgehead atoms. The van der Waals surface area contributed by atoms with Gasteiger partial charge in [-0.25, -0.2) is 4.98 Å². The van der Waals surface area contributed by atoms with E-state index in [4.69, 9.17) is 16.9 Å². The van der Waals surface area contributed by atoms with Crippen LogP contribution in [0.5, 0.6) is 5.75 Å². The Hall–Kier alpha value is -5.65. The number of carbonyl (C=O) groups excluding carboxylic acids is 2. The lowest BCUT2D eigenvalue weighted by molar-refractivity contribution is -0.121. The molecular formula is C31H34N8O4. The van der Waals surface area contributed by atoms with Gasteiger partial charge in [-0.3, -0.25) is 24.4 Å². The van der Waals surface area contributed by atoms with E-state index >= 15 is 0 Å². The summed E-state index contributed by atoms with van der Waals surface area (Å²) in [5.74, 6) is -0.652. The Kier molecular flexibility index (Phi) is 9.40. The van der Waals surface area contributed by atoms with Crippen molar-refractivity contribution in [2.45, 2.75) is 39.5 Å². The summed E-state index contributed by atoms with van der Waals surface area (Å²) in [6, 6.07) is 18.0. The number of nitrogens with one attached hydrogen (secondary N) is 4. The number of nitrogens with zero attached hydrogens (tertiary/aromatic N) is 2. The van der Waals surface area contributed by atoms with Crippen LogP contribution in [0.4, 0.5) is 11.5 Å². The normalized spacial score (nSPS) is 10.8. The van der Waals surface area contributed by atoms with Gasteiger partial charge in [-0.1, -0.05) is 36.4 Å². The van der Waals surface area contributed by atoms with Gasteiger partial charge in [0.05, 0.1) is 11.9 Å². The number of phenolic OH excluding ortho intramolecular Hbond substituents is 1. The smallest absolute Gasteiger partial charge is 0.294 e. The lowest BCUT2D eigenvalue weighted by Gasteiger charge is -2.17. The molecule has 0 spiro atoms. The first-order valence-electron chi connectivity index (χ1n) is 13.5. The molecule has 0 unspecified atom stereocenters. The van der Waals surface area contributed by atoms with Crippen LogP contribution in [0.3, 0.4) is 0 Å². The summed E-state index contributed by atoms with van der Waals surface area (Å²) in [6.45, 7) is 3.84. The third kappa shape index (κ3) is 7.97. The van der Waals surface area contributed by atoms with E-state index in [1.54, 1.807) is 48.5 Å². The molecule has 4 aromatic rings. The lowest BCUT2D eigenvalue weighted by atomic mass is 10.1. The summed E-state index contributed by atoms with van der Waals surface area (Å²) in [6.07, 6.45) is 1.47. The number of hydrogen-bond donors (Lipinski definition) is 7. The number of nitrogens with two attached hydrogens (primary N) is 2. The summed E-state index contributed by atoms with van der Waals surface area (Å²) in [5, 5.41) is 25.6. The summed E-state index contributed by atoms with van der Waals surface area (Å²) in [5.41, 5.74) is 14.6. The fourth-order valence-corrected chi connectivity index (χ4v) is 4.28. The third-order valence-electron chi connectivity index (χ3n) is 6.44. The lowest BCUT2D eigenvalue weighted by Crippen LogP contribution is -2.35. The van der Waals surface area contributed by atoms with Crippen LogP contribution in [0, 0.1) is 5.41 Å². The van der Waals surface area contributed by atoms with E-state index in [0.717, 1.165) is 11.1 Å². The molecule has 0 aliphatic rings. The largest absolute Gasteiger partial charge is 0.508 e. The van der Waals surface area contributed by atoms with Crippen molar-refractivity contribution in [2.24, 2.45) is 5.73 Å². The molecule has 0 aliphatic heterocycles. The van der Waals surface area contributed by atoms with Crippen LogP contribution < -0.4 is 33.0 Å². The second kappa shape index (κ2) is 13.3. The van der Waals surface area contributed by atoms with E-state index in [2.05, 4.69) is 20.9 Å². The molecule has 9 N–H and O–H groups in total. The summed E-state index contributed by atoms with van der Waals surface area (Å²) in [4.78, 5) is 43.8. The summed E-state index contributed by atoms with van der Waals surface area (Å²) >= 11 is 0. The molecule has 1 heterocycles. The number of rotatable bonds is 11. The second-order valence-electron chi connectivity index (χ2n) is 10.3. The maximum atomic E-state index is 13.5. The fourth-order valence-electron chi connectivity index (χ4n) is 4.28. The Morgan fingerprint density at radius 2 is 1.58 bits per heavy atom. The minimum absolute atomic E-state index is 0.0504. The van der Waals surface area contributed by atoms with Gasteiger partial charge in [0.1, 0.15) is 18.1 Å². The molecule has 1 aromatic heterocycles. The minimum atomic E-state index is -0.507. The molecule has 43 heavy (non-hydrogen) atoms. The van der Waals surface area contributed by atoms with Gasteiger partial charge in [-0.15, -0.1) is 0 Å². The Morgan fingerprint density at radius 1 is 0.953 bits per heavy atom. The van der Waals surface area contributed by atoms with Crippen molar-refractivity contribution >= 4 is 29.2 Å². The highest BCUT2D eigenvalue weighted by Crippen LogP contribution is 2.24. The van der Waals surface area contributed by atoms with Crippen LogP contribution in [0.15, 0.2) is 77.7 Å². The SMILES string of the molecule is CC(C)Nc1ncc(-c2cc(N)cc(C(=O)NCc3ccc(O)cc3)c2)n(CC(=O)NCc2ccc(C(=N)N)cc2)c1=O. The number of aromatic nitrogens is 2. The van der Waals surface area contributed by atoms with Crippen LogP contribution >= 0.6 is 0 Å². The van der Waals surface area contributed by atoms with Crippen molar-refractivity contribution in [3.05, 3.63) is 106 Å². The number of hydrogen-bond acceptors (Lipinski definition) is 8. The molecule has 0 saturated carbocycles. The van der Waals surface area contributed by atoms with Crippen LogP contribution in [-0.4, -0.2) is 38.3 Å². The highest BCUT2D eigenvalue weighted by Gasteiger charge is 2.18. The van der Waals surface area contributed by atoms with Crippen molar-refractivity contribution in [1.29, 1.82) is 5.41 Å². The average Bonchev–Trinajstić information content (AvgIpc) is 2.97. The van der Waals surface area contributed by atoms with Crippen LogP contribution in [0.1, 0.15) is 40.9 Å². The van der Waals surface area contributed by atoms with Gasteiger partial charge in [0, 0.05) is 41.5 Å². The first-order chi connectivity index (χ1) is 20.5. The van der Waals surface area contributed by atoms with Crippen molar-refractivity contribution in [3.63, 3.8) is 0 Å². The van der Waals surface area contributed by atoms with Crippen molar-refractivity contribution in [2.75, 3.05) is 11.1 Å². The molecule has 12 heteroatoms. The van der Waals surface area contributed by atoms with Crippen molar-refractivity contribution in [1.82, 2.24) is 20.2 Å². The van der Waals surface area contributed by atoms with Crippen molar-refractivity contribution < 1.29 is 14.7 Å². The molecule has 222 valence electrons. The maximum Gasteiger partial charge on any atom is 0.294 e. The van der Waals surface area contributed by atoms with E-state index in [1.807, 2.05) is 13.8 Å². The van der Waals surface area contributed by atoms with Gasteiger partial charge >= 0.3 is 0 Å². The predicted octanol–water partition coefficient (Wildman–Crippen LogP) is 2.55. The topological polar surface area (TPSA) is 201 Å². The number of amidine groups is 1. The quantitative estimate of drug-likeness (QED) is 0.0794. The first kappa shape index (κ1) is 30.3. The minimum Gasteiger partial charge on any atom is -0.508 e. The van der Waals surface area contributed by atoms with Gasteiger partial charge in [-0.05, 0) is 55.3 Å². The van der Waals surface area contributed by atoms with Crippen LogP contribution in [-0.2, 0) is 24.4 Å². The third-order valence-corrected chi connectivity index (χ3v) is 6.44. The number of aromatic hydroxyl groups is 1. The van der Waals surface area contributed by atoms with E-state index in [1.165, 1.54) is 29.0 Å². The van der Waals surface area contributed by atoms with Crippen molar-refractivity contribution in [3.8, 4) is 17.0 Å². The first-order valence-corrected chi connectivity index (χ1v) is 13.5. The fraction of sp³-hybridized carbons (Fsp3) is 0.194.